The van der Waals surface area contributed by atoms with Crippen LogP contribution in [-0.2, 0) is 9.59 Å². The number of thiophene rings is 1. The van der Waals surface area contributed by atoms with Crippen LogP contribution in [0.3, 0.4) is 0 Å². The molecule has 2 atom stereocenters. The molecular formula is C17H30Cl2N4O2S. The number of nitrogens with zero attached hydrogens (tertiary/aromatic N) is 1. The van der Waals surface area contributed by atoms with E-state index >= 15 is 0 Å². The molecule has 2 amide bonds. The van der Waals surface area contributed by atoms with Crippen LogP contribution in [0.4, 0.5) is 0 Å². The molecule has 150 valence electrons. The predicted molar refractivity (Wildman–Crippen MR) is 111 cm³/mol. The lowest BCUT2D eigenvalue weighted by Gasteiger charge is -2.27. The highest BCUT2D eigenvalue weighted by molar-refractivity contribution is 7.10. The van der Waals surface area contributed by atoms with Crippen molar-refractivity contribution < 1.29 is 9.59 Å². The standard InChI is InChI=1S/C17H28N4O2S.2ClH/c1-12(2)16(18)17(23)20-11-15(22)19-10-13(14-6-5-9-24-14)21-7-3-4-8-21;;/h5-6,9,12-13,16H,3-4,7-8,10-11,18H2,1-2H3,(H,19,22)(H,20,23);2*1H/t13?,16-;;/m0../s1. The van der Waals surface area contributed by atoms with Gasteiger partial charge < -0.3 is 16.4 Å². The molecule has 26 heavy (non-hydrogen) atoms. The van der Waals surface area contributed by atoms with Gasteiger partial charge in [0.05, 0.1) is 18.6 Å². The van der Waals surface area contributed by atoms with Crippen molar-refractivity contribution >= 4 is 48.0 Å². The molecule has 1 aromatic heterocycles. The number of nitrogens with one attached hydrogen (secondary N) is 2. The van der Waals surface area contributed by atoms with E-state index in [4.69, 9.17) is 5.73 Å². The average molecular weight is 425 g/mol. The van der Waals surface area contributed by atoms with Crippen LogP contribution in [0.15, 0.2) is 17.5 Å². The van der Waals surface area contributed by atoms with E-state index in [1.807, 2.05) is 19.9 Å². The third-order valence-corrected chi connectivity index (χ3v) is 5.36. The smallest absolute Gasteiger partial charge is 0.239 e. The number of hydrogen-bond acceptors (Lipinski definition) is 5. The van der Waals surface area contributed by atoms with Crippen LogP contribution in [0.1, 0.15) is 37.6 Å². The zero-order valence-corrected chi connectivity index (χ0v) is 17.7. The van der Waals surface area contributed by atoms with E-state index in [2.05, 4.69) is 27.0 Å². The van der Waals surface area contributed by atoms with Crippen molar-refractivity contribution in [3.8, 4) is 0 Å². The van der Waals surface area contributed by atoms with E-state index in [0.717, 1.165) is 13.1 Å². The number of nitrogens with two attached hydrogens (primary N) is 1. The summed E-state index contributed by atoms with van der Waals surface area (Å²) >= 11 is 1.72. The van der Waals surface area contributed by atoms with Gasteiger partial charge in [-0.25, -0.2) is 0 Å². The second-order valence-corrected chi connectivity index (χ2v) is 7.55. The Hall–Kier alpha value is -0.860. The molecule has 9 heteroatoms. The normalized spacial score (nSPS) is 16.3. The van der Waals surface area contributed by atoms with Gasteiger partial charge in [0.2, 0.25) is 11.8 Å². The minimum atomic E-state index is -0.582. The summed E-state index contributed by atoms with van der Waals surface area (Å²) in [7, 11) is 0. The van der Waals surface area contributed by atoms with Gasteiger partial charge in [0, 0.05) is 11.4 Å². The van der Waals surface area contributed by atoms with E-state index in [-0.39, 0.29) is 55.1 Å². The van der Waals surface area contributed by atoms with Gasteiger partial charge >= 0.3 is 0 Å². The fourth-order valence-corrected chi connectivity index (χ4v) is 3.67. The van der Waals surface area contributed by atoms with Gasteiger partial charge in [0.15, 0.2) is 0 Å². The van der Waals surface area contributed by atoms with Gasteiger partial charge in [-0.3, -0.25) is 14.5 Å². The van der Waals surface area contributed by atoms with Crippen LogP contribution < -0.4 is 16.4 Å². The molecule has 0 spiro atoms. The third kappa shape index (κ3) is 7.40. The molecule has 0 radical (unpaired) electrons. The molecule has 1 saturated heterocycles. The van der Waals surface area contributed by atoms with Crippen LogP contribution in [-0.4, -0.2) is 48.9 Å². The largest absolute Gasteiger partial charge is 0.353 e. The van der Waals surface area contributed by atoms with Crippen molar-refractivity contribution in [1.82, 2.24) is 15.5 Å². The quantitative estimate of drug-likeness (QED) is 0.594. The van der Waals surface area contributed by atoms with E-state index in [1.54, 1.807) is 11.3 Å². The summed E-state index contributed by atoms with van der Waals surface area (Å²) in [6.45, 7) is 6.43. The Kier molecular flexibility index (Phi) is 12.1. The average Bonchev–Trinajstić information content (AvgIpc) is 3.25. The lowest BCUT2D eigenvalue weighted by Crippen LogP contribution is -2.48. The maximum Gasteiger partial charge on any atom is 0.239 e. The summed E-state index contributed by atoms with van der Waals surface area (Å²) in [6, 6.07) is 3.79. The van der Waals surface area contributed by atoms with Gasteiger partial charge in [0.25, 0.3) is 0 Å². The van der Waals surface area contributed by atoms with Crippen LogP contribution in [0.5, 0.6) is 0 Å². The van der Waals surface area contributed by atoms with Crippen molar-refractivity contribution in [2.75, 3.05) is 26.2 Å². The van der Waals surface area contributed by atoms with Crippen LogP contribution >= 0.6 is 36.2 Å². The zero-order valence-electron chi connectivity index (χ0n) is 15.3. The fourth-order valence-electron chi connectivity index (χ4n) is 2.80. The summed E-state index contributed by atoms with van der Waals surface area (Å²) in [5.74, 6) is -0.416. The van der Waals surface area contributed by atoms with Gasteiger partial charge in [-0.1, -0.05) is 19.9 Å². The summed E-state index contributed by atoms with van der Waals surface area (Å²) < 4.78 is 0. The molecule has 1 aliphatic rings. The first-order valence-corrected chi connectivity index (χ1v) is 9.44. The highest BCUT2D eigenvalue weighted by Crippen LogP contribution is 2.27. The number of amides is 2. The molecule has 1 aliphatic heterocycles. The number of rotatable bonds is 8. The first-order chi connectivity index (χ1) is 11.5. The second kappa shape index (κ2) is 12.5. The first-order valence-electron chi connectivity index (χ1n) is 8.56. The van der Waals surface area contributed by atoms with Gasteiger partial charge in [-0.05, 0) is 43.3 Å². The molecule has 0 saturated carbocycles. The van der Waals surface area contributed by atoms with Gasteiger partial charge in [-0.2, -0.15) is 0 Å². The van der Waals surface area contributed by atoms with Crippen molar-refractivity contribution in [3.63, 3.8) is 0 Å². The molecule has 0 aliphatic carbocycles. The maximum atomic E-state index is 12.0. The number of likely N-dealkylation sites (tertiary alicyclic amines) is 1. The highest BCUT2D eigenvalue weighted by Gasteiger charge is 2.25. The Labute approximate surface area is 172 Å². The van der Waals surface area contributed by atoms with Crippen molar-refractivity contribution in [3.05, 3.63) is 22.4 Å². The summed E-state index contributed by atoms with van der Waals surface area (Å²) in [6.07, 6.45) is 2.41. The maximum absolute atomic E-state index is 12.0. The molecule has 6 nitrogen and oxygen atoms in total. The molecule has 1 fully saturated rings. The molecule has 0 bridgehead atoms. The molecular weight excluding hydrogens is 395 g/mol. The van der Waals surface area contributed by atoms with E-state index in [9.17, 15) is 9.59 Å². The number of halogens is 2. The van der Waals surface area contributed by atoms with Crippen LogP contribution in [0.25, 0.3) is 0 Å². The van der Waals surface area contributed by atoms with Gasteiger partial charge in [-0.15, -0.1) is 36.2 Å². The molecule has 4 N–H and O–H groups in total. The topological polar surface area (TPSA) is 87.5 Å². The Morgan fingerprint density at radius 3 is 2.42 bits per heavy atom. The minimum Gasteiger partial charge on any atom is -0.353 e. The number of hydrogen-bond donors (Lipinski definition) is 3. The van der Waals surface area contributed by atoms with Crippen molar-refractivity contribution in [2.24, 2.45) is 11.7 Å². The number of carbonyl (C=O) groups excluding carboxylic acids is 2. The Bertz CT molecular complexity index is 537. The monoisotopic (exact) mass is 424 g/mol. The van der Waals surface area contributed by atoms with E-state index in [0.29, 0.717) is 6.54 Å². The lowest BCUT2D eigenvalue weighted by atomic mass is 10.1. The zero-order chi connectivity index (χ0) is 17.5. The molecule has 2 rings (SSSR count). The second-order valence-electron chi connectivity index (χ2n) is 6.57. The van der Waals surface area contributed by atoms with E-state index in [1.165, 1.54) is 17.7 Å². The molecule has 1 unspecified atom stereocenters. The van der Waals surface area contributed by atoms with Crippen molar-refractivity contribution in [2.45, 2.75) is 38.8 Å². The van der Waals surface area contributed by atoms with E-state index < -0.39 is 6.04 Å². The third-order valence-electron chi connectivity index (χ3n) is 4.39. The first kappa shape index (κ1) is 25.1. The fraction of sp³-hybridized carbons (Fsp3) is 0.647. The summed E-state index contributed by atoms with van der Waals surface area (Å²) in [4.78, 5) is 27.5. The minimum absolute atomic E-state index is 0. The lowest BCUT2D eigenvalue weighted by molar-refractivity contribution is -0.127. The van der Waals surface area contributed by atoms with Crippen molar-refractivity contribution in [1.29, 1.82) is 0 Å². The Balaban J connectivity index is 0.00000312. The molecule has 1 aromatic rings. The van der Waals surface area contributed by atoms with Gasteiger partial charge in [0.1, 0.15) is 0 Å². The Morgan fingerprint density at radius 1 is 1.23 bits per heavy atom. The summed E-state index contributed by atoms with van der Waals surface area (Å²) in [5, 5.41) is 7.61. The Morgan fingerprint density at radius 2 is 1.88 bits per heavy atom. The predicted octanol–water partition coefficient (Wildman–Crippen LogP) is 1.94. The number of carbonyl (C=O) groups is 2. The summed E-state index contributed by atoms with van der Waals surface area (Å²) in [5.41, 5.74) is 5.77. The highest BCUT2D eigenvalue weighted by atomic mass is 35.5. The van der Waals surface area contributed by atoms with Crippen LogP contribution in [0.2, 0.25) is 0 Å². The molecule has 2 heterocycles. The molecule has 0 aromatic carbocycles. The van der Waals surface area contributed by atoms with Crippen LogP contribution in [0, 0.1) is 5.92 Å². The SMILES string of the molecule is CC(C)[C@H](N)C(=O)NCC(=O)NCC(c1cccs1)N1CCCC1.Cl.Cl.